The van der Waals surface area contributed by atoms with Gasteiger partial charge in [0.25, 0.3) is 0 Å². The molecule has 120 valence electrons. The van der Waals surface area contributed by atoms with Crippen LogP contribution >= 0.6 is 0 Å². The molecule has 1 aromatic rings. The molecule has 22 heavy (non-hydrogen) atoms. The minimum atomic E-state index is -0.211. The van der Waals surface area contributed by atoms with Gasteiger partial charge < -0.3 is 9.64 Å². The predicted octanol–water partition coefficient (Wildman–Crippen LogP) is 4.60. The van der Waals surface area contributed by atoms with Gasteiger partial charge in [-0.3, -0.25) is 0 Å². The highest BCUT2D eigenvalue weighted by atomic mass is 16.5. The lowest BCUT2D eigenvalue weighted by molar-refractivity contribution is 0.0966. The van der Waals surface area contributed by atoms with E-state index in [2.05, 4.69) is 68.1 Å². The maximum absolute atomic E-state index is 10.6. The predicted molar refractivity (Wildman–Crippen MR) is 92.0 cm³/mol. The van der Waals surface area contributed by atoms with Gasteiger partial charge in [0, 0.05) is 24.3 Å². The molecule has 0 amide bonds. The molecule has 1 unspecified atom stereocenters. The van der Waals surface area contributed by atoms with Gasteiger partial charge in [0.1, 0.15) is 17.4 Å². The largest absolute Gasteiger partial charge is 0.488 e. The Morgan fingerprint density at radius 2 is 2.05 bits per heavy atom. The van der Waals surface area contributed by atoms with E-state index in [4.69, 9.17) is 4.74 Å². The van der Waals surface area contributed by atoms with Gasteiger partial charge in [-0.05, 0) is 64.0 Å². The van der Waals surface area contributed by atoms with Crippen LogP contribution in [-0.2, 0) is 4.74 Å². The fourth-order valence-corrected chi connectivity index (χ4v) is 2.63. The molecular weight excluding hydrogens is 276 g/mol. The van der Waals surface area contributed by atoms with E-state index in [0.29, 0.717) is 0 Å². The first-order chi connectivity index (χ1) is 10.4. The molecule has 1 atom stereocenters. The summed E-state index contributed by atoms with van der Waals surface area (Å²) in [6, 6.07) is 8.30. The van der Waals surface area contributed by atoms with E-state index < -0.39 is 0 Å². The molecule has 1 aromatic carbocycles. The summed E-state index contributed by atoms with van der Waals surface area (Å²) in [4.78, 5) is 12.8. The summed E-state index contributed by atoms with van der Waals surface area (Å²) in [6.07, 6.45) is 3.90. The molecule has 4 heteroatoms. The first kappa shape index (κ1) is 16.5. The molecule has 0 aromatic heterocycles. The first-order valence-electron chi connectivity index (χ1n) is 8.00. The highest BCUT2D eigenvalue weighted by Gasteiger charge is 2.23. The van der Waals surface area contributed by atoms with Crippen molar-refractivity contribution in [3.8, 4) is 0 Å². The molecule has 1 aliphatic rings. The van der Waals surface area contributed by atoms with Gasteiger partial charge in [0.15, 0.2) is 0 Å². The number of benzene rings is 1. The van der Waals surface area contributed by atoms with Gasteiger partial charge in [-0.15, -0.1) is 0 Å². The maximum atomic E-state index is 10.6. The van der Waals surface area contributed by atoms with Crippen LogP contribution < -0.4 is 4.90 Å². The van der Waals surface area contributed by atoms with E-state index in [9.17, 15) is 4.91 Å². The highest BCUT2D eigenvalue weighted by Crippen LogP contribution is 2.27. The molecule has 0 N–H and O–H groups in total. The van der Waals surface area contributed by atoms with Gasteiger partial charge in [-0.1, -0.05) is 12.1 Å². The zero-order valence-corrected chi connectivity index (χ0v) is 14.0. The van der Waals surface area contributed by atoms with Crippen LogP contribution in [0.15, 0.2) is 35.5 Å². The quantitative estimate of drug-likeness (QED) is 0.589. The second-order valence-electron chi connectivity index (χ2n) is 6.73. The van der Waals surface area contributed by atoms with E-state index in [-0.39, 0.29) is 11.6 Å². The van der Waals surface area contributed by atoms with Gasteiger partial charge in [0.2, 0.25) is 0 Å². The van der Waals surface area contributed by atoms with Crippen LogP contribution in [0.3, 0.4) is 0 Å². The number of hydrogen-bond donors (Lipinski definition) is 0. The summed E-state index contributed by atoms with van der Waals surface area (Å²) in [5.41, 5.74) is 2.02. The van der Waals surface area contributed by atoms with Crippen molar-refractivity contribution in [2.24, 2.45) is 5.18 Å². The van der Waals surface area contributed by atoms with Crippen LogP contribution in [0.5, 0.6) is 0 Å². The number of hydrogen-bond acceptors (Lipinski definition) is 4. The number of ether oxygens (including phenoxy) is 1. The Morgan fingerprint density at radius 1 is 1.36 bits per heavy atom. The van der Waals surface area contributed by atoms with Crippen LogP contribution in [-0.4, -0.2) is 24.7 Å². The molecule has 4 nitrogen and oxygen atoms in total. The number of nitrogens with zero attached hydrogens (tertiary/aromatic N) is 2. The molecule has 1 heterocycles. The normalized spacial score (nSPS) is 19.4. The molecule has 2 rings (SSSR count). The Labute approximate surface area is 133 Å². The lowest BCUT2D eigenvalue weighted by Crippen LogP contribution is -2.20. The van der Waals surface area contributed by atoms with Gasteiger partial charge >= 0.3 is 0 Å². The fourth-order valence-electron chi connectivity index (χ4n) is 2.63. The average molecular weight is 302 g/mol. The van der Waals surface area contributed by atoms with Crippen LogP contribution in [0.25, 0.3) is 5.76 Å². The summed E-state index contributed by atoms with van der Waals surface area (Å²) in [5.74, 6) is 0.926. The molecule has 0 saturated carbocycles. The summed E-state index contributed by atoms with van der Waals surface area (Å²) < 4.78 is 6.06. The Balaban J connectivity index is 2.13. The van der Waals surface area contributed by atoms with Crippen molar-refractivity contribution in [1.29, 1.82) is 0 Å². The van der Waals surface area contributed by atoms with Crippen molar-refractivity contribution < 1.29 is 4.74 Å². The molecular formula is C18H26N2O2. The SMILES string of the molecule is CC/C=C(/OC(C)(C)C)c1ccc(N2CCC(N=O)C2)cc1. The second kappa shape index (κ2) is 6.95. The third-order valence-corrected chi connectivity index (χ3v) is 3.64. The monoisotopic (exact) mass is 302 g/mol. The molecule has 1 saturated heterocycles. The zero-order chi connectivity index (χ0) is 16.2. The molecule has 1 aliphatic heterocycles. The number of anilines is 1. The van der Waals surface area contributed by atoms with E-state index in [0.717, 1.165) is 42.9 Å². The van der Waals surface area contributed by atoms with E-state index >= 15 is 0 Å². The fraction of sp³-hybridized carbons (Fsp3) is 0.556. The Bertz CT molecular complexity index is 529. The average Bonchev–Trinajstić information content (AvgIpc) is 2.94. The van der Waals surface area contributed by atoms with E-state index in [1.165, 1.54) is 0 Å². The van der Waals surface area contributed by atoms with Gasteiger partial charge in [0.05, 0.1) is 0 Å². The lowest BCUT2D eigenvalue weighted by Gasteiger charge is -2.24. The molecule has 1 fully saturated rings. The van der Waals surface area contributed by atoms with Crippen LogP contribution in [0.4, 0.5) is 5.69 Å². The van der Waals surface area contributed by atoms with Crippen molar-refractivity contribution in [1.82, 2.24) is 0 Å². The third kappa shape index (κ3) is 4.33. The van der Waals surface area contributed by atoms with E-state index in [1.807, 2.05) is 0 Å². The topological polar surface area (TPSA) is 41.9 Å². The van der Waals surface area contributed by atoms with Crippen molar-refractivity contribution in [3.63, 3.8) is 0 Å². The van der Waals surface area contributed by atoms with Crippen molar-refractivity contribution in [2.75, 3.05) is 18.0 Å². The summed E-state index contributed by atoms with van der Waals surface area (Å²) in [6.45, 7) is 9.90. The lowest BCUT2D eigenvalue weighted by atomic mass is 10.1. The van der Waals surface area contributed by atoms with Gasteiger partial charge in [-0.25, -0.2) is 0 Å². The van der Waals surface area contributed by atoms with Crippen molar-refractivity contribution in [2.45, 2.75) is 52.2 Å². The Hall–Kier alpha value is -1.84. The summed E-state index contributed by atoms with van der Waals surface area (Å²) in [5, 5.41) is 3.15. The molecule has 0 aliphatic carbocycles. The number of nitroso groups, excluding NO2 is 1. The van der Waals surface area contributed by atoms with Crippen molar-refractivity contribution >= 4 is 11.4 Å². The number of rotatable bonds is 5. The smallest absolute Gasteiger partial charge is 0.123 e. The second-order valence-corrected chi connectivity index (χ2v) is 6.73. The minimum absolute atomic E-state index is 0.0700. The van der Waals surface area contributed by atoms with Crippen molar-refractivity contribution in [3.05, 3.63) is 40.8 Å². The standard InChI is InChI=1S/C18H26N2O2/c1-5-6-17(22-18(2,3)4)14-7-9-16(10-8-14)20-12-11-15(13-20)19-21/h6-10,15H,5,11-13H2,1-4H3/b17-6+. The van der Waals surface area contributed by atoms with Crippen LogP contribution in [0.2, 0.25) is 0 Å². The Morgan fingerprint density at radius 3 is 2.55 bits per heavy atom. The first-order valence-corrected chi connectivity index (χ1v) is 8.00. The third-order valence-electron chi connectivity index (χ3n) is 3.64. The highest BCUT2D eigenvalue weighted by molar-refractivity contribution is 5.63. The molecule has 0 radical (unpaired) electrons. The Kier molecular flexibility index (Phi) is 5.22. The molecule has 0 spiro atoms. The van der Waals surface area contributed by atoms with Crippen LogP contribution in [0.1, 0.15) is 46.1 Å². The maximum Gasteiger partial charge on any atom is 0.123 e. The molecule has 0 bridgehead atoms. The number of allylic oxidation sites excluding steroid dienone is 1. The van der Waals surface area contributed by atoms with E-state index in [1.54, 1.807) is 0 Å². The van der Waals surface area contributed by atoms with Gasteiger partial charge in [-0.2, -0.15) is 4.91 Å². The summed E-state index contributed by atoms with van der Waals surface area (Å²) >= 11 is 0. The summed E-state index contributed by atoms with van der Waals surface area (Å²) in [7, 11) is 0. The zero-order valence-electron chi connectivity index (χ0n) is 14.0. The minimum Gasteiger partial charge on any atom is -0.488 e. The van der Waals surface area contributed by atoms with Crippen LogP contribution in [0, 0.1) is 4.91 Å².